The molecular formula is C8H13ClO3. The molecular weight excluding hydrogens is 180 g/mol. The van der Waals surface area contributed by atoms with Crippen molar-refractivity contribution in [2.24, 2.45) is 0 Å². The SMILES string of the molecule is COC(=O)C(=O)CCCCCCl. The predicted octanol–water partition coefficient (Wildman–Crippen LogP) is 1.53. The van der Waals surface area contributed by atoms with Crippen LogP contribution in [0.15, 0.2) is 0 Å². The van der Waals surface area contributed by atoms with E-state index in [1.54, 1.807) is 0 Å². The minimum atomic E-state index is -0.749. The number of ketones is 1. The Bertz CT molecular complexity index is 156. The van der Waals surface area contributed by atoms with Crippen molar-refractivity contribution in [1.82, 2.24) is 0 Å². The number of methoxy groups -OCH3 is 1. The van der Waals surface area contributed by atoms with Crippen LogP contribution in [0.1, 0.15) is 25.7 Å². The summed E-state index contributed by atoms with van der Waals surface area (Å²) in [5.41, 5.74) is 0. The van der Waals surface area contributed by atoms with E-state index in [4.69, 9.17) is 11.6 Å². The predicted molar refractivity (Wildman–Crippen MR) is 46.2 cm³/mol. The molecule has 0 heterocycles. The second-order valence-corrected chi connectivity index (χ2v) is 2.79. The highest BCUT2D eigenvalue weighted by molar-refractivity contribution is 6.33. The van der Waals surface area contributed by atoms with Gasteiger partial charge in [-0.2, -0.15) is 0 Å². The van der Waals surface area contributed by atoms with Gasteiger partial charge in [-0.05, 0) is 12.8 Å². The Morgan fingerprint density at radius 2 is 1.92 bits per heavy atom. The zero-order chi connectivity index (χ0) is 9.40. The molecule has 70 valence electrons. The fourth-order valence-corrected chi connectivity index (χ4v) is 0.962. The Kier molecular flexibility index (Phi) is 6.76. The monoisotopic (exact) mass is 192 g/mol. The van der Waals surface area contributed by atoms with Gasteiger partial charge in [0.25, 0.3) is 0 Å². The number of rotatable bonds is 6. The maximum atomic E-state index is 10.8. The van der Waals surface area contributed by atoms with Crippen molar-refractivity contribution in [1.29, 1.82) is 0 Å². The molecule has 3 nitrogen and oxygen atoms in total. The lowest BCUT2D eigenvalue weighted by Crippen LogP contribution is -2.14. The van der Waals surface area contributed by atoms with Crippen molar-refractivity contribution < 1.29 is 14.3 Å². The first-order valence-electron chi connectivity index (χ1n) is 3.89. The molecule has 4 heteroatoms. The second kappa shape index (κ2) is 7.10. The molecule has 0 unspecified atom stereocenters. The highest BCUT2D eigenvalue weighted by Gasteiger charge is 2.11. The summed E-state index contributed by atoms with van der Waals surface area (Å²) < 4.78 is 4.25. The van der Waals surface area contributed by atoms with Gasteiger partial charge >= 0.3 is 5.97 Å². The first kappa shape index (κ1) is 11.4. The van der Waals surface area contributed by atoms with Gasteiger partial charge in [0.15, 0.2) is 0 Å². The summed E-state index contributed by atoms with van der Waals surface area (Å²) in [6.07, 6.45) is 2.74. The molecule has 12 heavy (non-hydrogen) atoms. The highest BCUT2D eigenvalue weighted by atomic mass is 35.5. The number of carbonyl (C=O) groups excluding carboxylic acids is 2. The Morgan fingerprint density at radius 1 is 1.25 bits per heavy atom. The standard InChI is InChI=1S/C8H13ClO3/c1-12-8(11)7(10)5-3-2-4-6-9/h2-6H2,1H3. The zero-order valence-corrected chi connectivity index (χ0v) is 7.89. The number of hydrogen-bond donors (Lipinski definition) is 0. The van der Waals surface area contributed by atoms with E-state index < -0.39 is 11.8 Å². The molecule has 0 saturated carbocycles. The third-order valence-corrected chi connectivity index (χ3v) is 1.72. The van der Waals surface area contributed by atoms with Crippen LogP contribution < -0.4 is 0 Å². The lowest BCUT2D eigenvalue weighted by molar-refractivity contribution is -0.151. The van der Waals surface area contributed by atoms with Gasteiger partial charge in [0.05, 0.1) is 7.11 Å². The van der Waals surface area contributed by atoms with Crippen molar-refractivity contribution in [3.05, 3.63) is 0 Å². The number of hydrogen-bond acceptors (Lipinski definition) is 3. The van der Waals surface area contributed by atoms with E-state index in [9.17, 15) is 9.59 Å². The highest BCUT2D eigenvalue weighted by Crippen LogP contribution is 2.02. The third-order valence-electron chi connectivity index (χ3n) is 1.45. The molecule has 0 aliphatic rings. The van der Waals surface area contributed by atoms with Crippen molar-refractivity contribution in [2.45, 2.75) is 25.7 Å². The van der Waals surface area contributed by atoms with Crippen LogP contribution in [0, 0.1) is 0 Å². The second-order valence-electron chi connectivity index (χ2n) is 2.41. The Hall–Kier alpha value is -0.570. The summed E-state index contributed by atoms with van der Waals surface area (Å²) in [5, 5.41) is 0. The third kappa shape index (κ3) is 5.13. The topological polar surface area (TPSA) is 43.4 Å². The maximum absolute atomic E-state index is 10.8. The minimum absolute atomic E-state index is 0.267. The van der Waals surface area contributed by atoms with Gasteiger partial charge in [0.2, 0.25) is 5.78 Å². The lowest BCUT2D eigenvalue weighted by atomic mass is 10.1. The van der Waals surface area contributed by atoms with Crippen molar-refractivity contribution in [2.75, 3.05) is 13.0 Å². The van der Waals surface area contributed by atoms with Crippen molar-refractivity contribution in [3.63, 3.8) is 0 Å². The molecule has 0 aromatic rings. The molecule has 0 atom stereocenters. The summed E-state index contributed by atoms with van der Waals surface area (Å²) in [5.74, 6) is -0.597. The van der Waals surface area contributed by atoms with Crippen LogP contribution in [0.2, 0.25) is 0 Å². The summed E-state index contributed by atoms with van der Waals surface area (Å²) >= 11 is 5.43. The average Bonchev–Trinajstić information content (AvgIpc) is 2.10. The lowest BCUT2D eigenvalue weighted by Gasteiger charge is -1.97. The molecule has 0 aliphatic heterocycles. The Morgan fingerprint density at radius 3 is 2.42 bits per heavy atom. The summed E-state index contributed by atoms with van der Waals surface area (Å²) in [6.45, 7) is 0. The number of unbranched alkanes of at least 4 members (excludes halogenated alkanes) is 2. The molecule has 0 aromatic heterocycles. The maximum Gasteiger partial charge on any atom is 0.374 e. The van der Waals surface area contributed by atoms with Crippen molar-refractivity contribution >= 4 is 23.4 Å². The van der Waals surface area contributed by atoms with E-state index in [0.29, 0.717) is 12.3 Å². The van der Waals surface area contributed by atoms with Gasteiger partial charge in [-0.15, -0.1) is 11.6 Å². The largest absolute Gasteiger partial charge is 0.463 e. The van der Waals surface area contributed by atoms with Gasteiger partial charge in [0.1, 0.15) is 0 Å². The molecule has 0 rings (SSSR count). The Balaban J connectivity index is 3.38. The van der Waals surface area contributed by atoms with Gasteiger partial charge in [-0.1, -0.05) is 6.42 Å². The van der Waals surface area contributed by atoms with E-state index in [-0.39, 0.29) is 6.42 Å². The van der Waals surface area contributed by atoms with Gasteiger partial charge < -0.3 is 4.74 Å². The minimum Gasteiger partial charge on any atom is -0.463 e. The number of alkyl halides is 1. The number of esters is 1. The van der Waals surface area contributed by atoms with Crippen LogP contribution in [0.5, 0.6) is 0 Å². The molecule has 0 saturated heterocycles. The first-order chi connectivity index (χ1) is 5.72. The van der Waals surface area contributed by atoms with Crippen LogP contribution in [-0.4, -0.2) is 24.7 Å². The average molecular weight is 193 g/mol. The molecule has 0 amide bonds. The van der Waals surface area contributed by atoms with Gasteiger partial charge in [-0.25, -0.2) is 4.79 Å². The Labute approximate surface area is 77.0 Å². The van der Waals surface area contributed by atoms with Gasteiger partial charge in [0, 0.05) is 12.3 Å². The van der Waals surface area contributed by atoms with E-state index in [1.807, 2.05) is 0 Å². The fraction of sp³-hybridized carbons (Fsp3) is 0.750. The first-order valence-corrected chi connectivity index (χ1v) is 4.43. The zero-order valence-electron chi connectivity index (χ0n) is 7.14. The summed E-state index contributed by atoms with van der Waals surface area (Å²) in [7, 11) is 1.21. The van der Waals surface area contributed by atoms with Crippen LogP contribution in [-0.2, 0) is 14.3 Å². The van der Waals surface area contributed by atoms with Gasteiger partial charge in [-0.3, -0.25) is 4.79 Å². The van der Waals surface area contributed by atoms with E-state index >= 15 is 0 Å². The number of carbonyl (C=O) groups is 2. The molecule has 0 N–H and O–H groups in total. The van der Waals surface area contributed by atoms with Crippen molar-refractivity contribution in [3.8, 4) is 0 Å². The van der Waals surface area contributed by atoms with E-state index in [1.165, 1.54) is 7.11 Å². The van der Waals surface area contributed by atoms with E-state index in [0.717, 1.165) is 12.8 Å². The van der Waals surface area contributed by atoms with Crippen LogP contribution in [0.25, 0.3) is 0 Å². The number of halogens is 1. The normalized spacial score (nSPS) is 9.50. The number of Topliss-reactive ketones (excluding diaryl/α,β-unsaturated/α-hetero) is 1. The molecule has 0 aliphatic carbocycles. The molecule has 0 radical (unpaired) electrons. The van der Waals surface area contributed by atoms with Crippen LogP contribution in [0.4, 0.5) is 0 Å². The quantitative estimate of drug-likeness (QED) is 0.278. The molecule has 0 bridgehead atoms. The van der Waals surface area contributed by atoms with Crippen LogP contribution in [0.3, 0.4) is 0 Å². The smallest absolute Gasteiger partial charge is 0.374 e. The molecule has 0 aromatic carbocycles. The number of ether oxygens (including phenoxy) is 1. The summed E-state index contributed by atoms with van der Waals surface area (Å²) in [6, 6.07) is 0. The van der Waals surface area contributed by atoms with E-state index in [2.05, 4.69) is 4.74 Å². The fourth-order valence-electron chi connectivity index (χ4n) is 0.773. The summed E-state index contributed by atoms with van der Waals surface area (Å²) in [4.78, 5) is 21.4. The van der Waals surface area contributed by atoms with Crippen LogP contribution >= 0.6 is 11.6 Å². The molecule has 0 fully saturated rings. The molecule has 0 spiro atoms.